The number of likely N-dealkylation sites (tertiary alicyclic amines) is 1. The van der Waals surface area contributed by atoms with Crippen LogP contribution in [0.25, 0.3) is 0 Å². The molecule has 2 heterocycles. The van der Waals surface area contributed by atoms with Crippen LogP contribution in [0.5, 0.6) is 0 Å². The molecule has 3 aliphatic rings. The maximum absolute atomic E-state index is 14.6. The van der Waals surface area contributed by atoms with Crippen molar-refractivity contribution in [3.8, 4) is 0 Å². The maximum atomic E-state index is 14.6. The second-order valence-electron chi connectivity index (χ2n) is 17.5. The fraction of sp³-hybridized carbons (Fsp3) is 0.683. The number of amides is 7. The maximum Gasteiger partial charge on any atom is 0.426 e. The normalized spacial score (nSPS) is 26.2. The molecule has 1 aromatic carbocycles. The number of aliphatic hydroxyl groups is 1. The standard InChI is InChI=1S/C41H58ClF4N7O8/c1-22(2)17-27-35(57)52(7)29(19-23-11-10-12-25(42)18-23)34(56)50-39(3,4)37(59)47-16-9-8-13-28(32(54)48-27)51(6)36(58)31(24-14-15-24)49-33(55)30-20-26(43)21-53(30)38(60)40(5,61)41(44,45)46/h10-12,18,22,24,26-31,61H,8-9,13-17,19-21H2,1-7H3,(H,47,59)(H,48,54)(H,49,55)(H,50,56)/t26-,27+,28+,29+,30+,31+,40-/m1/s1. The smallest absolute Gasteiger partial charge is 0.373 e. The third kappa shape index (κ3) is 12.1. The van der Waals surface area contributed by atoms with E-state index in [0.717, 1.165) is 4.90 Å². The van der Waals surface area contributed by atoms with Crippen LogP contribution in [0.4, 0.5) is 17.6 Å². The summed E-state index contributed by atoms with van der Waals surface area (Å²) >= 11 is 6.24. The van der Waals surface area contributed by atoms with Crippen molar-refractivity contribution in [2.45, 2.75) is 140 Å². The highest BCUT2D eigenvalue weighted by molar-refractivity contribution is 6.30. The number of carbonyl (C=O) groups excluding carboxylic acids is 7. The van der Waals surface area contributed by atoms with Crippen molar-refractivity contribution in [3.05, 3.63) is 34.9 Å². The molecule has 3 fully saturated rings. The first-order chi connectivity index (χ1) is 28.3. The van der Waals surface area contributed by atoms with Crippen molar-refractivity contribution in [3.63, 3.8) is 0 Å². The third-order valence-electron chi connectivity index (χ3n) is 11.5. The summed E-state index contributed by atoms with van der Waals surface area (Å²) < 4.78 is 55.4. The van der Waals surface area contributed by atoms with Gasteiger partial charge in [0.15, 0.2) is 0 Å². The molecular weight excluding hydrogens is 830 g/mol. The zero-order chi connectivity index (χ0) is 45.8. The molecule has 20 heteroatoms. The van der Waals surface area contributed by atoms with Gasteiger partial charge in [-0.15, -0.1) is 0 Å². The second kappa shape index (κ2) is 19.7. The second-order valence-corrected chi connectivity index (χ2v) is 18.0. The van der Waals surface area contributed by atoms with Crippen LogP contribution in [0.2, 0.25) is 5.02 Å². The lowest BCUT2D eigenvalue weighted by Crippen LogP contribution is -2.62. The average molecular weight is 888 g/mol. The van der Waals surface area contributed by atoms with E-state index < -0.39 is 114 Å². The number of hydrogen-bond acceptors (Lipinski definition) is 8. The van der Waals surface area contributed by atoms with Crippen LogP contribution >= 0.6 is 11.6 Å². The molecule has 5 N–H and O–H groups in total. The molecule has 61 heavy (non-hydrogen) atoms. The van der Waals surface area contributed by atoms with Crippen LogP contribution in [0.1, 0.15) is 85.1 Å². The zero-order valence-corrected chi connectivity index (χ0v) is 36.3. The van der Waals surface area contributed by atoms with Crippen LogP contribution in [-0.2, 0) is 40.0 Å². The van der Waals surface area contributed by atoms with E-state index >= 15 is 0 Å². The molecule has 2 saturated heterocycles. The molecule has 0 radical (unpaired) electrons. The van der Waals surface area contributed by atoms with Gasteiger partial charge in [0, 0.05) is 38.5 Å². The van der Waals surface area contributed by atoms with Gasteiger partial charge in [-0.2, -0.15) is 13.2 Å². The first-order valence-corrected chi connectivity index (χ1v) is 20.9. The summed E-state index contributed by atoms with van der Waals surface area (Å²) in [5, 5.41) is 21.3. The van der Waals surface area contributed by atoms with E-state index in [2.05, 4.69) is 21.3 Å². The van der Waals surface area contributed by atoms with Gasteiger partial charge in [-0.05, 0) is 88.8 Å². The molecule has 15 nitrogen and oxygen atoms in total. The summed E-state index contributed by atoms with van der Waals surface area (Å²) in [5.41, 5.74) is -4.70. The van der Waals surface area contributed by atoms with E-state index in [4.69, 9.17) is 11.6 Å². The lowest BCUT2D eigenvalue weighted by Gasteiger charge is -2.36. The molecule has 1 aromatic rings. The first kappa shape index (κ1) is 49.1. The van der Waals surface area contributed by atoms with Gasteiger partial charge in [0.25, 0.3) is 5.91 Å². The number of rotatable bonds is 10. The van der Waals surface area contributed by atoms with E-state index in [9.17, 15) is 56.2 Å². The molecule has 0 unspecified atom stereocenters. The van der Waals surface area contributed by atoms with Gasteiger partial charge >= 0.3 is 6.18 Å². The van der Waals surface area contributed by atoms with E-state index in [-0.39, 0.29) is 45.1 Å². The summed E-state index contributed by atoms with van der Waals surface area (Å²) in [4.78, 5) is 99.5. The quantitative estimate of drug-likeness (QED) is 0.221. The molecule has 340 valence electrons. The number of carbonyl (C=O) groups is 7. The SMILES string of the molecule is CC(C)C[C@@H]1NC(=O)[C@@H](N(C)C(=O)[C@@H](NC(=O)[C@@H]2C[C@@H](F)CN2C(=O)[C@@](C)(O)C(F)(F)F)C2CC2)CCCCNC(=O)C(C)(C)NC(=O)[C@H](Cc2cccc(Cl)c2)N(C)C1=O. The van der Waals surface area contributed by atoms with Crippen LogP contribution in [0.3, 0.4) is 0 Å². The Hall–Kier alpha value is -4.52. The Balaban J connectivity index is 1.64. The number of nitrogens with zero attached hydrogens (tertiary/aromatic N) is 3. The third-order valence-corrected chi connectivity index (χ3v) is 11.7. The highest BCUT2D eigenvalue weighted by atomic mass is 35.5. The number of nitrogens with one attached hydrogen (secondary N) is 4. The number of likely N-dealkylation sites (N-methyl/N-ethyl adjacent to an activating group) is 2. The van der Waals surface area contributed by atoms with E-state index in [1.165, 1.54) is 32.8 Å². The molecule has 4 rings (SSSR count). The van der Waals surface area contributed by atoms with Crippen molar-refractivity contribution in [2.75, 3.05) is 27.2 Å². The Labute approximate surface area is 358 Å². The van der Waals surface area contributed by atoms with E-state index in [1.807, 2.05) is 13.8 Å². The Morgan fingerprint density at radius 2 is 1.72 bits per heavy atom. The van der Waals surface area contributed by atoms with E-state index in [0.29, 0.717) is 34.7 Å². The van der Waals surface area contributed by atoms with Gasteiger partial charge in [-0.3, -0.25) is 33.6 Å². The number of hydrogen-bond donors (Lipinski definition) is 5. The largest absolute Gasteiger partial charge is 0.426 e. The minimum Gasteiger partial charge on any atom is -0.373 e. The number of halogens is 5. The Morgan fingerprint density at radius 3 is 2.31 bits per heavy atom. The van der Waals surface area contributed by atoms with Crippen LogP contribution in [0, 0.1) is 11.8 Å². The number of benzene rings is 1. The topological polar surface area (TPSA) is 198 Å². The predicted molar refractivity (Wildman–Crippen MR) is 215 cm³/mol. The van der Waals surface area contributed by atoms with E-state index in [1.54, 1.807) is 24.3 Å². The summed E-state index contributed by atoms with van der Waals surface area (Å²) in [6.07, 6.45) is -6.29. The predicted octanol–water partition coefficient (Wildman–Crippen LogP) is 2.41. The van der Waals surface area contributed by atoms with Gasteiger partial charge in [0.1, 0.15) is 41.9 Å². The molecule has 7 atom stereocenters. The highest BCUT2D eigenvalue weighted by Gasteiger charge is 2.59. The minimum atomic E-state index is -5.43. The minimum absolute atomic E-state index is 0.00320. The van der Waals surface area contributed by atoms with Gasteiger partial charge < -0.3 is 41.1 Å². The molecule has 0 aromatic heterocycles. The molecule has 0 spiro atoms. The van der Waals surface area contributed by atoms with Crippen LogP contribution in [0.15, 0.2) is 24.3 Å². The summed E-state index contributed by atoms with van der Waals surface area (Å²) in [7, 11) is 2.74. The highest BCUT2D eigenvalue weighted by Crippen LogP contribution is 2.36. The molecule has 1 saturated carbocycles. The van der Waals surface area contributed by atoms with Crippen molar-refractivity contribution < 1.29 is 56.2 Å². The molecule has 0 bridgehead atoms. The molecule has 1 aliphatic carbocycles. The Morgan fingerprint density at radius 1 is 1.07 bits per heavy atom. The molecule has 7 amide bonds. The van der Waals surface area contributed by atoms with Crippen molar-refractivity contribution in [1.82, 2.24) is 36.0 Å². The van der Waals surface area contributed by atoms with Crippen molar-refractivity contribution in [2.24, 2.45) is 11.8 Å². The summed E-state index contributed by atoms with van der Waals surface area (Å²) in [6, 6.07) is 0.0288. The van der Waals surface area contributed by atoms with Crippen molar-refractivity contribution in [1.29, 1.82) is 0 Å². The van der Waals surface area contributed by atoms with Gasteiger partial charge in [-0.1, -0.05) is 37.6 Å². The fourth-order valence-corrected chi connectivity index (χ4v) is 7.79. The Kier molecular flexibility index (Phi) is 15.9. The lowest BCUT2D eigenvalue weighted by molar-refractivity contribution is -0.250. The van der Waals surface area contributed by atoms with Gasteiger partial charge in [0.2, 0.25) is 41.0 Å². The Bertz CT molecular complexity index is 1830. The van der Waals surface area contributed by atoms with Gasteiger partial charge in [-0.25, -0.2) is 4.39 Å². The zero-order valence-electron chi connectivity index (χ0n) is 35.5. The molecular formula is C41H58ClF4N7O8. The van der Waals surface area contributed by atoms with Gasteiger partial charge in [0.05, 0.1) is 6.54 Å². The van der Waals surface area contributed by atoms with Crippen LogP contribution in [-0.4, -0.2) is 142 Å². The summed E-state index contributed by atoms with van der Waals surface area (Å²) in [6.45, 7) is 6.18. The van der Waals surface area contributed by atoms with Crippen LogP contribution < -0.4 is 21.3 Å². The van der Waals surface area contributed by atoms with Crippen molar-refractivity contribution >= 4 is 53.0 Å². The number of alkyl halides is 4. The average Bonchev–Trinajstić information content (AvgIpc) is 3.93. The molecule has 2 aliphatic heterocycles. The fourth-order valence-electron chi connectivity index (χ4n) is 7.58. The first-order valence-electron chi connectivity index (χ1n) is 20.5. The lowest BCUT2D eigenvalue weighted by atomic mass is 9.97. The monoisotopic (exact) mass is 887 g/mol. The summed E-state index contributed by atoms with van der Waals surface area (Å²) in [5.74, 6) is -6.86.